The minimum atomic E-state index is -0.998. The molecule has 0 unspecified atom stereocenters. The monoisotopic (exact) mass is 467 g/mol. The van der Waals surface area contributed by atoms with Crippen LogP contribution in [-0.4, -0.2) is 16.2 Å². The van der Waals surface area contributed by atoms with Gasteiger partial charge in [-0.15, -0.1) is 0 Å². The fourth-order valence-corrected chi connectivity index (χ4v) is 3.75. The van der Waals surface area contributed by atoms with Crippen LogP contribution in [0.2, 0.25) is 10.0 Å². The summed E-state index contributed by atoms with van der Waals surface area (Å²) in [5.74, 6) is -1.02. The summed E-state index contributed by atoms with van der Waals surface area (Å²) < 4.78 is 1.19. The lowest BCUT2D eigenvalue weighted by molar-refractivity contribution is -0.136. The van der Waals surface area contributed by atoms with Crippen molar-refractivity contribution in [1.29, 1.82) is 0 Å². The highest BCUT2D eigenvalue weighted by Crippen LogP contribution is 2.39. The molecule has 2 aromatic carbocycles. The van der Waals surface area contributed by atoms with Crippen LogP contribution in [0.4, 0.5) is 11.4 Å². The van der Waals surface area contributed by atoms with Crippen molar-refractivity contribution in [1.82, 2.24) is 0 Å². The molecule has 3 N–H and O–H groups in total. The Bertz CT molecular complexity index is 730. The van der Waals surface area contributed by atoms with E-state index in [1.54, 1.807) is 12.1 Å². The number of anilines is 2. The molecule has 0 fully saturated rings. The standard InChI is InChI=1S/C14H9Br2Cl2NO3/c15-6-1-10(17)14(11(18)2-6)19-12-4-7(20)3-9(16)8(12)5-13(21)22/h1-4,19-20H,5H2,(H,21,22). The van der Waals surface area contributed by atoms with Crippen LogP contribution in [0.25, 0.3) is 0 Å². The quantitative estimate of drug-likeness (QED) is 0.545. The molecule has 0 saturated carbocycles. The summed E-state index contributed by atoms with van der Waals surface area (Å²) in [7, 11) is 0. The van der Waals surface area contributed by atoms with Gasteiger partial charge < -0.3 is 15.5 Å². The van der Waals surface area contributed by atoms with Gasteiger partial charge in [-0.3, -0.25) is 4.79 Å². The van der Waals surface area contributed by atoms with E-state index in [9.17, 15) is 9.90 Å². The lowest BCUT2D eigenvalue weighted by Crippen LogP contribution is -2.05. The highest BCUT2D eigenvalue weighted by molar-refractivity contribution is 9.10. The molecule has 0 aromatic heterocycles. The van der Waals surface area contributed by atoms with E-state index in [4.69, 9.17) is 28.3 Å². The Morgan fingerprint density at radius 3 is 2.27 bits per heavy atom. The molecule has 0 aliphatic carbocycles. The number of rotatable bonds is 4. The molecule has 0 radical (unpaired) electrons. The molecule has 0 aliphatic rings. The first-order valence-corrected chi connectivity index (χ1v) is 8.27. The van der Waals surface area contributed by atoms with E-state index in [0.29, 0.717) is 31.5 Å². The molecule has 0 bridgehead atoms. The second-order valence-corrected chi connectivity index (χ2v) is 6.98. The third-order valence-electron chi connectivity index (χ3n) is 2.77. The summed E-state index contributed by atoms with van der Waals surface area (Å²) in [5.41, 5.74) is 1.30. The van der Waals surface area contributed by atoms with Crippen molar-refractivity contribution in [3.05, 3.63) is 48.8 Å². The SMILES string of the molecule is O=C(O)Cc1c(Br)cc(O)cc1Nc1c(Cl)cc(Br)cc1Cl. The average molecular weight is 470 g/mol. The van der Waals surface area contributed by atoms with Crippen LogP contribution in [0.15, 0.2) is 33.2 Å². The van der Waals surface area contributed by atoms with Crippen molar-refractivity contribution in [2.75, 3.05) is 5.32 Å². The molecule has 0 spiro atoms. The van der Waals surface area contributed by atoms with Gasteiger partial charge in [-0.05, 0) is 18.2 Å². The highest BCUT2D eigenvalue weighted by atomic mass is 79.9. The van der Waals surface area contributed by atoms with Crippen LogP contribution in [0.1, 0.15) is 5.56 Å². The number of aromatic hydroxyl groups is 1. The van der Waals surface area contributed by atoms with Crippen molar-refractivity contribution in [2.24, 2.45) is 0 Å². The summed E-state index contributed by atoms with van der Waals surface area (Å²) in [4.78, 5) is 11.0. The molecular weight excluding hydrogens is 461 g/mol. The lowest BCUT2D eigenvalue weighted by atomic mass is 10.1. The number of benzene rings is 2. The van der Waals surface area contributed by atoms with Gasteiger partial charge in [0.15, 0.2) is 0 Å². The molecule has 8 heteroatoms. The molecule has 22 heavy (non-hydrogen) atoms. The number of phenolic OH excluding ortho intramolecular Hbond substituents is 1. The van der Waals surface area contributed by atoms with Crippen molar-refractivity contribution >= 4 is 72.4 Å². The Kier molecular flexibility index (Phi) is 5.60. The molecule has 4 nitrogen and oxygen atoms in total. The van der Waals surface area contributed by atoms with Crippen LogP contribution in [0.5, 0.6) is 5.75 Å². The molecule has 0 amide bonds. The van der Waals surface area contributed by atoms with E-state index in [0.717, 1.165) is 4.47 Å². The maximum Gasteiger partial charge on any atom is 0.307 e. The van der Waals surface area contributed by atoms with E-state index < -0.39 is 5.97 Å². The Hall–Kier alpha value is -0.950. The Balaban J connectivity index is 2.51. The zero-order valence-corrected chi connectivity index (χ0v) is 15.5. The topological polar surface area (TPSA) is 69.6 Å². The summed E-state index contributed by atoms with van der Waals surface area (Å²) in [6, 6.07) is 6.15. The molecule has 2 aromatic rings. The largest absolute Gasteiger partial charge is 0.508 e. The molecule has 2 rings (SSSR count). The summed E-state index contributed by atoms with van der Waals surface area (Å²) in [6.45, 7) is 0. The number of hydrogen-bond acceptors (Lipinski definition) is 3. The molecule has 0 heterocycles. The van der Waals surface area contributed by atoms with Gasteiger partial charge in [0.25, 0.3) is 0 Å². The number of carboxylic acids is 1. The second-order valence-electron chi connectivity index (χ2n) is 4.39. The summed E-state index contributed by atoms with van der Waals surface area (Å²) >= 11 is 18.8. The van der Waals surface area contributed by atoms with Crippen molar-refractivity contribution in [3.63, 3.8) is 0 Å². The van der Waals surface area contributed by atoms with E-state index in [2.05, 4.69) is 37.2 Å². The molecular formula is C14H9Br2Cl2NO3. The second kappa shape index (κ2) is 7.08. The first-order chi connectivity index (χ1) is 10.3. The van der Waals surface area contributed by atoms with Crippen LogP contribution in [0.3, 0.4) is 0 Å². The summed E-state index contributed by atoms with van der Waals surface area (Å²) in [5, 5.41) is 22.5. The number of nitrogens with one attached hydrogen (secondary N) is 1. The van der Waals surface area contributed by atoms with Crippen LogP contribution in [0, 0.1) is 0 Å². The minimum Gasteiger partial charge on any atom is -0.508 e. The zero-order valence-electron chi connectivity index (χ0n) is 10.8. The van der Waals surface area contributed by atoms with Gasteiger partial charge in [0.05, 0.1) is 22.2 Å². The third kappa shape index (κ3) is 4.07. The number of phenols is 1. The lowest BCUT2D eigenvalue weighted by Gasteiger charge is -2.16. The molecule has 116 valence electrons. The normalized spacial score (nSPS) is 10.5. The van der Waals surface area contributed by atoms with Gasteiger partial charge in [-0.1, -0.05) is 55.1 Å². The van der Waals surface area contributed by atoms with E-state index >= 15 is 0 Å². The van der Waals surface area contributed by atoms with Crippen molar-refractivity contribution < 1.29 is 15.0 Å². The smallest absolute Gasteiger partial charge is 0.307 e. The predicted octanol–water partition coefficient (Wildman–Crippen LogP) is 5.59. The summed E-state index contributed by atoms with van der Waals surface area (Å²) in [6.07, 6.45) is -0.227. The van der Waals surface area contributed by atoms with E-state index in [-0.39, 0.29) is 12.2 Å². The van der Waals surface area contributed by atoms with Gasteiger partial charge >= 0.3 is 5.97 Å². The number of halogens is 4. The van der Waals surface area contributed by atoms with Gasteiger partial charge in [0.1, 0.15) is 5.75 Å². The third-order valence-corrected chi connectivity index (χ3v) is 4.54. The fourth-order valence-electron chi connectivity index (χ4n) is 1.86. The maximum absolute atomic E-state index is 11.0. The highest BCUT2D eigenvalue weighted by Gasteiger charge is 2.15. The van der Waals surface area contributed by atoms with Gasteiger partial charge in [0, 0.05) is 26.3 Å². The molecule has 0 saturated heterocycles. The minimum absolute atomic E-state index is 0.0205. The van der Waals surface area contributed by atoms with Crippen molar-refractivity contribution in [3.8, 4) is 5.75 Å². The van der Waals surface area contributed by atoms with Crippen LogP contribution in [-0.2, 0) is 11.2 Å². The first-order valence-electron chi connectivity index (χ1n) is 5.92. The number of hydrogen-bond donors (Lipinski definition) is 3. The number of aliphatic carboxylic acids is 1. The van der Waals surface area contributed by atoms with Gasteiger partial charge in [0.2, 0.25) is 0 Å². The fraction of sp³-hybridized carbons (Fsp3) is 0.0714. The number of carboxylic acid groups (broad SMARTS) is 1. The van der Waals surface area contributed by atoms with Crippen molar-refractivity contribution in [2.45, 2.75) is 6.42 Å². The predicted molar refractivity (Wildman–Crippen MR) is 94.6 cm³/mol. The Labute approximate surface area is 153 Å². The van der Waals surface area contributed by atoms with E-state index in [1.165, 1.54) is 12.1 Å². The van der Waals surface area contributed by atoms with Gasteiger partial charge in [-0.25, -0.2) is 0 Å². The first kappa shape index (κ1) is 17.4. The average Bonchev–Trinajstić information content (AvgIpc) is 2.37. The van der Waals surface area contributed by atoms with E-state index in [1.807, 2.05) is 0 Å². The van der Waals surface area contributed by atoms with Crippen LogP contribution >= 0.6 is 55.1 Å². The van der Waals surface area contributed by atoms with Gasteiger partial charge in [-0.2, -0.15) is 0 Å². The number of carbonyl (C=O) groups is 1. The molecule has 0 aliphatic heterocycles. The molecule has 0 atom stereocenters. The Morgan fingerprint density at radius 2 is 1.73 bits per heavy atom. The maximum atomic E-state index is 11.0. The van der Waals surface area contributed by atoms with Crippen LogP contribution < -0.4 is 5.32 Å². The Morgan fingerprint density at radius 1 is 1.14 bits per heavy atom. The zero-order chi connectivity index (χ0) is 16.4.